The molecule has 110 valence electrons. The Kier molecular flexibility index (Phi) is 3.95. The highest BCUT2D eigenvalue weighted by atomic mass is 127. The van der Waals surface area contributed by atoms with Gasteiger partial charge in [0.1, 0.15) is 5.52 Å². The van der Waals surface area contributed by atoms with Gasteiger partial charge in [0.05, 0.1) is 11.9 Å². The second-order valence-electron chi connectivity index (χ2n) is 4.82. The molecule has 0 unspecified atom stereocenters. The molecule has 0 spiro atoms. The van der Waals surface area contributed by atoms with E-state index in [1.807, 2.05) is 34.9 Å². The van der Waals surface area contributed by atoms with E-state index in [2.05, 4.69) is 42.2 Å². The number of hydrogen-bond donors (Lipinski definition) is 0. The van der Waals surface area contributed by atoms with E-state index in [-0.39, 0.29) is 5.56 Å². The van der Waals surface area contributed by atoms with Crippen LogP contribution in [0.3, 0.4) is 0 Å². The van der Waals surface area contributed by atoms with Crippen molar-refractivity contribution >= 4 is 57.2 Å². The molecular weight excluding hydrogens is 467 g/mol. The van der Waals surface area contributed by atoms with Crippen LogP contribution >= 0.6 is 46.3 Å². The molecule has 0 aliphatic carbocycles. The molecule has 21 heavy (non-hydrogen) atoms. The van der Waals surface area contributed by atoms with Crippen LogP contribution in [0.5, 0.6) is 0 Å². The monoisotopic (exact) mass is 478 g/mol. The van der Waals surface area contributed by atoms with Crippen molar-refractivity contribution in [2.75, 3.05) is 0 Å². The second-order valence-corrected chi connectivity index (χ2v) is 7.35. The SMILES string of the molecule is Cc1c(-c2cc3c(Br)cn(C)c(=O)c3n2SI)cnn1C. The Labute approximate surface area is 146 Å². The third-order valence-electron chi connectivity index (χ3n) is 3.63. The van der Waals surface area contributed by atoms with Gasteiger partial charge in [-0.2, -0.15) is 5.10 Å². The molecule has 0 saturated carbocycles. The van der Waals surface area contributed by atoms with E-state index in [1.165, 1.54) is 9.12 Å². The van der Waals surface area contributed by atoms with Crippen molar-refractivity contribution in [3.63, 3.8) is 0 Å². The van der Waals surface area contributed by atoms with Gasteiger partial charge in [0.25, 0.3) is 5.56 Å². The predicted octanol–water partition coefficient (Wildman–Crippen LogP) is 3.66. The van der Waals surface area contributed by atoms with Gasteiger partial charge in [0, 0.05) is 71.7 Å². The lowest BCUT2D eigenvalue weighted by molar-refractivity contribution is 0.740. The normalized spacial score (nSPS) is 11.5. The highest BCUT2D eigenvalue weighted by molar-refractivity contribution is 14.2. The van der Waals surface area contributed by atoms with Gasteiger partial charge >= 0.3 is 0 Å². The summed E-state index contributed by atoms with van der Waals surface area (Å²) in [6.45, 7) is 2.02. The van der Waals surface area contributed by atoms with E-state index < -0.39 is 0 Å². The fourth-order valence-electron chi connectivity index (χ4n) is 2.35. The zero-order valence-corrected chi connectivity index (χ0v) is 16.2. The Bertz CT molecular complexity index is 911. The van der Waals surface area contributed by atoms with Crippen molar-refractivity contribution in [1.29, 1.82) is 0 Å². The molecule has 0 N–H and O–H groups in total. The van der Waals surface area contributed by atoms with E-state index in [0.717, 1.165) is 26.8 Å². The summed E-state index contributed by atoms with van der Waals surface area (Å²) >= 11 is 5.75. The summed E-state index contributed by atoms with van der Waals surface area (Å²) in [6.07, 6.45) is 3.64. The number of pyridine rings is 1. The number of aryl methyl sites for hydroxylation is 2. The Morgan fingerprint density at radius 2 is 2.10 bits per heavy atom. The summed E-state index contributed by atoms with van der Waals surface area (Å²) in [5.74, 6) is 0. The number of aromatic nitrogens is 4. The second kappa shape index (κ2) is 5.47. The number of halogens is 2. The Hall–Kier alpha value is -0.740. The van der Waals surface area contributed by atoms with Crippen LogP contribution in [0.15, 0.2) is 27.7 Å². The molecule has 0 saturated heterocycles. The molecule has 0 aliphatic heterocycles. The third-order valence-corrected chi connectivity index (χ3v) is 5.96. The predicted molar refractivity (Wildman–Crippen MR) is 98.8 cm³/mol. The molecule has 3 rings (SSSR count). The van der Waals surface area contributed by atoms with Crippen molar-refractivity contribution in [3.8, 4) is 11.3 Å². The average Bonchev–Trinajstić information content (AvgIpc) is 2.98. The number of fused-ring (bicyclic) bond motifs is 1. The zero-order chi connectivity index (χ0) is 15.3. The molecule has 0 amide bonds. The Morgan fingerprint density at radius 3 is 2.67 bits per heavy atom. The molecule has 0 fully saturated rings. The topological polar surface area (TPSA) is 44.8 Å². The first kappa shape index (κ1) is 15.2. The van der Waals surface area contributed by atoms with Gasteiger partial charge in [-0.3, -0.25) is 13.4 Å². The van der Waals surface area contributed by atoms with Gasteiger partial charge in [0.15, 0.2) is 0 Å². The van der Waals surface area contributed by atoms with Crippen LogP contribution in [0.4, 0.5) is 0 Å². The third kappa shape index (κ3) is 2.27. The zero-order valence-electron chi connectivity index (χ0n) is 11.6. The smallest absolute Gasteiger partial charge is 0.275 e. The molecule has 0 aliphatic rings. The molecule has 0 aromatic carbocycles. The van der Waals surface area contributed by atoms with E-state index in [1.54, 1.807) is 17.8 Å². The van der Waals surface area contributed by atoms with Crippen LogP contribution < -0.4 is 5.56 Å². The van der Waals surface area contributed by atoms with Crippen LogP contribution in [0.2, 0.25) is 0 Å². The van der Waals surface area contributed by atoms with Crippen LogP contribution in [0, 0.1) is 6.92 Å². The van der Waals surface area contributed by atoms with Gasteiger partial charge in [-0.15, -0.1) is 0 Å². The first-order chi connectivity index (χ1) is 9.95. The molecule has 8 heteroatoms. The number of hydrogen-bond acceptors (Lipinski definition) is 3. The minimum atomic E-state index is -0.00911. The van der Waals surface area contributed by atoms with Crippen LogP contribution in [0.1, 0.15) is 5.69 Å². The van der Waals surface area contributed by atoms with Gasteiger partial charge in [-0.25, -0.2) is 0 Å². The highest BCUT2D eigenvalue weighted by Crippen LogP contribution is 2.36. The Balaban J connectivity index is 2.45. The van der Waals surface area contributed by atoms with Crippen molar-refractivity contribution in [1.82, 2.24) is 18.3 Å². The van der Waals surface area contributed by atoms with Crippen molar-refractivity contribution in [3.05, 3.63) is 39.0 Å². The fourth-order valence-corrected chi connectivity index (χ4v) is 4.66. The first-order valence-corrected chi connectivity index (χ1v) is 10.2. The summed E-state index contributed by atoms with van der Waals surface area (Å²) < 4.78 is 6.30. The maximum Gasteiger partial charge on any atom is 0.275 e. The first-order valence-electron chi connectivity index (χ1n) is 6.14. The lowest BCUT2D eigenvalue weighted by atomic mass is 10.2. The summed E-state index contributed by atoms with van der Waals surface area (Å²) in [4.78, 5) is 12.5. The number of nitrogens with zero attached hydrogens (tertiary/aromatic N) is 4. The van der Waals surface area contributed by atoms with Crippen molar-refractivity contribution in [2.45, 2.75) is 6.92 Å². The number of rotatable bonds is 2. The van der Waals surface area contributed by atoms with Gasteiger partial charge in [0.2, 0.25) is 0 Å². The molecule has 0 radical (unpaired) electrons. The molecule has 5 nitrogen and oxygen atoms in total. The molecule has 0 atom stereocenters. The van der Waals surface area contributed by atoms with E-state index in [4.69, 9.17) is 0 Å². The largest absolute Gasteiger partial charge is 0.316 e. The van der Waals surface area contributed by atoms with E-state index in [9.17, 15) is 4.79 Å². The van der Waals surface area contributed by atoms with Crippen LogP contribution in [-0.2, 0) is 14.1 Å². The summed E-state index contributed by atoms with van der Waals surface area (Å²) in [5.41, 5.74) is 3.76. The van der Waals surface area contributed by atoms with E-state index >= 15 is 0 Å². The molecular formula is C13H12BrIN4OS. The molecule has 3 aromatic rings. The summed E-state index contributed by atoms with van der Waals surface area (Å²) in [6, 6.07) is 2.04. The van der Waals surface area contributed by atoms with Crippen molar-refractivity contribution < 1.29 is 0 Å². The lowest BCUT2D eigenvalue weighted by Gasteiger charge is -2.06. The maximum absolute atomic E-state index is 12.5. The summed E-state index contributed by atoms with van der Waals surface area (Å²) in [5, 5.41) is 5.21. The average molecular weight is 479 g/mol. The van der Waals surface area contributed by atoms with Crippen molar-refractivity contribution in [2.24, 2.45) is 14.1 Å². The quantitative estimate of drug-likeness (QED) is 0.528. The molecule has 3 heterocycles. The van der Waals surface area contributed by atoms with Gasteiger partial charge < -0.3 is 4.57 Å². The highest BCUT2D eigenvalue weighted by Gasteiger charge is 2.19. The lowest BCUT2D eigenvalue weighted by Crippen LogP contribution is -2.17. The fraction of sp³-hybridized carbons (Fsp3) is 0.231. The molecule has 0 bridgehead atoms. The molecule has 3 aromatic heterocycles. The standard InChI is InChI=1S/C13H12BrIN4OS/c1-7-9(5-16-18(7)3)11-4-8-10(14)6-17(2)13(20)12(8)19(11)21-15/h4-6H,1-3H3. The van der Waals surface area contributed by atoms with Gasteiger partial charge in [-0.1, -0.05) is 0 Å². The maximum atomic E-state index is 12.5. The minimum absolute atomic E-state index is 0.00911. The van der Waals surface area contributed by atoms with Crippen LogP contribution in [0.25, 0.3) is 22.2 Å². The van der Waals surface area contributed by atoms with Gasteiger partial charge in [-0.05, 0) is 28.9 Å². The van der Waals surface area contributed by atoms with Crippen LogP contribution in [-0.4, -0.2) is 18.3 Å². The Morgan fingerprint density at radius 1 is 1.38 bits per heavy atom. The van der Waals surface area contributed by atoms with E-state index in [0.29, 0.717) is 5.52 Å². The summed E-state index contributed by atoms with van der Waals surface area (Å²) in [7, 11) is 5.17. The minimum Gasteiger partial charge on any atom is -0.316 e.